The summed E-state index contributed by atoms with van der Waals surface area (Å²) in [5, 5.41) is 8.59. The number of carbonyl (C=O) groups is 1. The predicted octanol–water partition coefficient (Wildman–Crippen LogP) is 0.364. The fraction of sp³-hybridized carbons (Fsp3) is 0.571. The molecule has 56 valence electrons. The fourth-order valence-electron chi connectivity index (χ4n) is 1.12. The van der Waals surface area contributed by atoms with Crippen LogP contribution in [0.25, 0.3) is 0 Å². The van der Waals surface area contributed by atoms with Crippen molar-refractivity contribution in [3.63, 3.8) is 0 Å². The maximum absolute atomic E-state index is 10.5. The Kier molecular flexibility index (Phi) is 2.06. The van der Waals surface area contributed by atoms with E-state index in [4.69, 9.17) is 10.8 Å². The molecular weight excluding hydrogens is 130 g/mol. The van der Waals surface area contributed by atoms with E-state index >= 15 is 0 Å². The topological polar surface area (TPSA) is 63.3 Å². The Bertz CT molecular complexity index is 165. The molecule has 1 aliphatic carbocycles. The molecular formula is C7H11NO2. The molecule has 0 aliphatic heterocycles. The van der Waals surface area contributed by atoms with E-state index in [-0.39, 0.29) is 12.0 Å². The van der Waals surface area contributed by atoms with Crippen LogP contribution in [0.1, 0.15) is 12.8 Å². The van der Waals surface area contributed by atoms with Gasteiger partial charge in [-0.05, 0) is 12.8 Å². The lowest BCUT2D eigenvalue weighted by molar-refractivity contribution is -0.142. The molecule has 0 bridgehead atoms. The van der Waals surface area contributed by atoms with Crippen LogP contribution in [0.3, 0.4) is 0 Å². The van der Waals surface area contributed by atoms with E-state index in [2.05, 4.69) is 0 Å². The van der Waals surface area contributed by atoms with Gasteiger partial charge in [-0.15, -0.1) is 0 Å². The van der Waals surface area contributed by atoms with Gasteiger partial charge in [-0.3, -0.25) is 4.79 Å². The van der Waals surface area contributed by atoms with Gasteiger partial charge in [0.2, 0.25) is 0 Å². The number of hydrogen-bond acceptors (Lipinski definition) is 2. The molecule has 0 unspecified atom stereocenters. The van der Waals surface area contributed by atoms with E-state index in [9.17, 15) is 4.79 Å². The van der Waals surface area contributed by atoms with E-state index in [0.29, 0.717) is 12.8 Å². The van der Waals surface area contributed by atoms with Crippen LogP contribution in [-0.2, 0) is 4.79 Å². The van der Waals surface area contributed by atoms with Crippen molar-refractivity contribution < 1.29 is 9.90 Å². The van der Waals surface area contributed by atoms with Crippen LogP contribution in [0.15, 0.2) is 12.2 Å². The first-order chi connectivity index (χ1) is 4.72. The maximum Gasteiger partial charge on any atom is 0.308 e. The van der Waals surface area contributed by atoms with Crippen molar-refractivity contribution in [1.29, 1.82) is 0 Å². The molecule has 0 heterocycles. The van der Waals surface area contributed by atoms with Crippen molar-refractivity contribution in [3.05, 3.63) is 12.2 Å². The van der Waals surface area contributed by atoms with Crippen molar-refractivity contribution in [2.75, 3.05) is 0 Å². The zero-order chi connectivity index (χ0) is 7.56. The van der Waals surface area contributed by atoms with E-state index in [1.165, 1.54) is 0 Å². The van der Waals surface area contributed by atoms with Gasteiger partial charge in [0.05, 0.1) is 5.92 Å². The van der Waals surface area contributed by atoms with Crippen LogP contribution in [0, 0.1) is 5.92 Å². The number of allylic oxidation sites excluding steroid dienone is 1. The number of carboxylic acid groups (broad SMARTS) is 1. The zero-order valence-electron chi connectivity index (χ0n) is 5.66. The molecule has 0 aromatic carbocycles. The fourth-order valence-corrected chi connectivity index (χ4v) is 1.12. The molecule has 0 saturated heterocycles. The molecule has 0 aromatic heterocycles. The first kappa shape index (κ1) is 7.28. The van der Waals surface area contributed by atoms with Crippen LogP contribution in [0.2, 0.25) is 0 Å². The summed E-state index contributed by atoms with van der Waals surface area (Å²) in [4.78, 5) is 10.5. The van der Waals surface area contributed by atoms with Crippen LogP contribution in [0.5, 0.6) is 0 Å². The lowest BCUT2D eigenvalue weighted by atomic mass is 9.90. The van der Waals surface area contributed by atoms with Gasteiger partial charge < -0.3 is 10.8 Å². The number of aliphatic carboxylic acids is 1. The lowest BCUT2D eigenvalue weighted by Crippen LogP contribution is -2.36. The van der Waals surface area contributed by atoms with Gasteiger partial charge in [-0.25, -0.2) is 0 Å². The van der Waals surface area contributed by atoms with Crippen LogP contribution < -0.4 is 5.73 Å². The van der Waals surface area contributed by atoms with Gasteiger partial charge in [0.15, 0.2) is 0 Å². The third-order valence-electron chi connectivity index (χ3n) is 1.80. The predicted molar refractivity (Wildman–Crippen MR) is 37.5 cm³/mol. The highest BCUT2D eigenvalue weighted by Gasteiger charge is 2.24. The first-order valence-electron chi connectivity index (χ1n) is 3.35. The van der Waals surface area contributed by atoms with Crippen molar-refractivity contribution in [3.8, 4) is 0 Å². The Morgan fingerprint density at radius 1 is 1.50 bits per heavy atom. The third kappa shape index (κ3) is 1.36. The molecule has 0 aromatic rings. The zero-order valence-corrected chi connectivity index (χ0v) is 5.66. The summed E-state index contributed by atoms with van der Waals surface area (Å²) in [5.74, 6) is -1.15. The number of hydrogen-bond donors (Lipinski definition) is 2. The van der Waals surface area contributed by atoms with Crippen LogP contribution in [-0.4, -0.2) is 17.1 Å². The monoisotopic (exact) mass is 141 g/mol. The Morgan fingerprint density at radius 2 is 2.10 bits per heavy atom. The van der Waals surface area contributed by atoms with Gasteiger partial charge in [0, 0.05) is 6.04 Å². The minimum Gasteiger partial charge on any atom is -0.481 e. The standard InChI is InChI=1S/C7H11NO2/c8-6-4-2-1-3-5(6)7(9)10/h1-2,5-6H,3-4,8H2,(H,9,10)/t5-,6-/m0/s1. The minimum atomic E-state index is -0.781. The molecule has 3 heteroatoms. The molecule has 0 radical (unpaired) electrons. The van der Waals surface area contributed by atoms with E-state index in [0.717, 1.165) is 0 Å². The second-order valence-corrected chi connectivity index (χ2v) is 2.55. The van der Waals surface area contributed by atoms with Gasteiger partial charge in [-0.1, -0.05) is 12.2 Å². The highest BCUT2D eigenvalue weighted by Crippen LogP contribution is 2.16. The Labute approximate surface area is 59.5 Å². The number of rotatable bonds is 1. The summed E-state index contributed by atoms with van der Waals surface area (Å²) in [6, 6.07) is -0.192. The molecule has 1 rings (SSSR count). The normalized spacial score (nSPS) is 32.1. The maximum atomic E-state index is 10.5. The van der Waals surface area contributed by atoms with E-state index in [1.807, 2.05) is 12.2 Å². The largest absolute Gasteiger partial charge is 0.481 e. The van der Waals surface area contributed by atoms with Crippen LogP contribution in [0.4, 0.5) is 0 Å². The van der Waals surface area contributed by atoms with Crippen molar-refractivity contribution in [1.82, 2.24) is 0 Å². The van der Waals surface area contributed by atoms with Gasteiger partial charge >= 0.3 is 5.97 Å². The number of carboxylic acids is 1. The molecule has 0 fully saturated rings. The Morgan fingerprint density at radius 3 is 2.50 bits per heavy atom. The summed E-state index contributed by atoms with van der Waals surface area (Å²) in [5.41, 5.74) is 5.55. The molecule has 0 saturated carbocycles. The summed E-state index contributed by atoms with van der Waals surface area (Å²) < 4.78 is 0. The summed E-state index contributed by atoms with van der Waals surface area (Å²) in [6.45, 7) is 0. The van der Waals surface area contributed by atoms with Crippen molar-refractivity contribution in [2.45, 2.75) is 18.9 Å². The quantitative estimate of drug-likeness (QED) is 0.518. The summed E-state index contributed by atoms with van der Waals surface area (Å²) in [7, 11) is 0. The second-order valence-electron chi connectivity index (χ2n) is 2.55. The second kappa shape index (κ2) is 2.84. The third-order valence-corrected chi connectivity index (χ3v) is 1.80. The van der Waals surface area contributed by atoms with Gasteiger partial charge in [-0.2, -0.15) is 0 Å². The summed E-state index contributed by atoms with van der Waals surface area (Å²) in [6.07, 6.45) is 5.08. The van der Waals surface area contributed by atoms with Crippen molar-refractivity contribution in [2.24, 2.45) is 11.7 Å². The van der Waals surface area contributed by atoms with Crippen molar-refractivity contribution >= 4 is 5.97 Å². The van der Waals surface area contributed by atoms with Gasteiger partial charge in [0.1, 0.15) is 0 Å². The van der Waals surface area contributed by atoms with Crippen LogP contribution >= 0.6 is 0 Å². The number of nitrogens with two attached hydrogens (primary N) is 1. The molecule has 3 nitrogen and oxygen atoms in total. The molecule has 10 heavy (non-hydrogen) atoms. The highest BCUT2D eigenvalue weighted by molar-refractivity contribution is 5.71. The average Bonchev–Trinajstić information content (AvgIpc) is 1.88. The smallest absolute Gasteiger partial charge is 0.308 e. The van der Waals surface area contributed by atoms with Gasteiger partial charge in [0.25, 0.3) is 0 Å². The Hall–Kier alpha value is -0.830. The first-order valence-corrected chi connectivity index (χ1v) is 3.35. The molecule has 1 aliphatic rings. The minimum absolute atomic E-state index is 0.192. The molecule has 3 N–H and O–H groups in total. The SMILES string of the molecule is N[C@H]1CC=CC[C@@H]1C(=O)O. The Balaban J connectivity index is 2.59. The van der Waals surface area contributed by atoms with E-state index < -0.39 is 5.97 Å². The van der Waals surface area contributed by atoms with E-state index in [1.54, 1.807) is 0 Å². The average molecular weight is 141 g/mol. The lowest BCUT2D eigenvalue weighted by Gasteiger charge is -2.20. The molecule has 2 atom stereocenters. The molecule has 0 amide bonds. The highest BCUT2D eigenvalue weighted by atomic mass is 16.4. The molecule has 0 spiro atoms. The summed E-state index contributed by atoms with van der Waals surface area (Å²) >= 11 is 0.